The van der Waals surface area contributed by atoms with E-state index in [2.05, 4.69) is 28.9 Å². The quantitative estimate of drug-likeness (QED) is 0.405. The molecule has 1 fully saturated rings. The molecule has 0 bridgehead atoms. The lowest BCUT2D eigenvalue weighted by molar-refractivity contribution is -0.142. The van der Waals surface area contributed by atoms with Gasteiger partial charge >= 0.3 is 5.97 Å². The van der Waals surface area contributed by atoms with E-state index in [9.17, 15) is 4.79 Å². The van der Waals surface area contributed by atoms with Gasteiger partial charge in [0, 0.05) is 50.3 Å². The second-order valence-corrected chi connectivity index (χ2v) is 8.09. The van der Waals surface area contributed by atoms with Crippen molar-refractivity contribution < 1.29 is 9.53 Å². The Hall–Kier alpha value is -0.690. The molecule has 0 N–H and O–H groups in total. The molecule has 1 heterocycles. The first kappa shape index (κ1) is 18.6. The fourth-order valence-corrected chi connectivity index (χ4v) is 4.45. The smallest absolute Gasteiger partial charge is 0.302 e. The van der Waals surface area contributed by atoms with Gasteiger partial charge in [-0.25, -0.2) is 0 Å². The van der Waals surface area contributed by atoms with Crippen molar-refractivity contribution in [3.63, 3.8) is 0 Å². The summed E-state index contributed by atoms with van der Waals surface area (Å²) in [6.45, 7) is 11.2. The van der Waals surface area contributed by atoms with E-state index in [1.807, 2.05) is 33.7 Å². The van der Waals surface area contributed by atoms with Crippen LogP contribution in [0.1, 0.15) is 19.4 Å². The van der Waals surface area contributed by atoms with Gasteiger partial charge in [-0.05, 0) is 24.2 Å². The van der Waals surface area contributed by atoms with E-state index in [4.69, 9.17) is 4.74 Å². The number of hydrogen-bond acceptors (Lipinski definition) is 6. The van der Waals surface area contributed by atoms with Gasteiger partial charge in [-0.15, -0.1) is 0 Å². The minimum atomic E-state index is -0.237. The van der Waals surface area contributed by atoms with Crippen LogP contribution in [0.5, 0.6) is 0 Å². The summed E-state index contributed by atoms with van der Waals surface area (Å²) in [6.07, 6.45) is 0. The van der Waals surface area contributed by atoms with Crippen molar-refractivity contribution in [3.8, 4) is 0 Å². The number of carbonyl (C=O) groups is 1. The Morgan fingerprint density at radius 2 is 1.78 bits per heavy atom. The van der Waals surface area contributed by atoms with Gasteiger partial charge in [0.05, 0.1) is 0 Å². The van der Waals surface area contributed by atoms with Crippen LogP contribution in [0.2, 0.25) is 0 Å². The first-order valence-corrected chi connectivity index (χ1v) is 10.5. The fourth-order valence-electron chi connectivity index (χ4n) is 2.43. The van der Waals surface area contributed by atoms with E-state index in [1.54, 1.807) is 0 Å². The van der Waals surface area contributed by atoms with Gasteiger partial charge in [0.15, 0.2) is 0 Å². The molecule has 1 aromatic rings. The Labute approximate surface area is 147 Å². The lowest BCUT2D eigenvalue weighted by Crippen LogP contribution is -2.46. The van der Waals surface area contributed by atoms with Crippen LogP contribution in [-0.2, 0) is 16.1 Å². The molecule has 0 saturated carbocycles. The lowest BCUT2D eigenvalue weighted by Gasteiger charge is -2.33. The lowest BCUT2D eigenvalue weighted by atomic mass is 10.2. The van der Waals surface area contributed by atoms with Crippen LogP contribution in [0.25, 0.3) is 0 Å². The monoisotopic (exact) mass is 354 g/mol. The molecule has 0 aliphatic carbocycles. The summed E-state index contributed by atoms with van der Waals surface area (Å²) in [4.78, 5) is 17.1. The van der Waals surface area contributed by atoms with Gasteiger partial charge in [0.25, 0.3) is 0 Å². The summed E-state index contributed by atoms with van der Waals surface area (Å²) in [6, 6.07) is 8.23. The molecule has 0 atom stereocenters. The minimum Gasteiger partial charge on any atom is -0.461 e. The highest BCUT2D eigenvalue weighted by atomic mass is 33.1. The normalized spacial score (nSPS) is 16.4. The first-order chi connectivity index (χ1) is 11.2. The highest BCUT2D eigenvalue weighted by Crippen LogP contribution is 2.31. The molecule has 1 aliphatic heterocycles. The van der Waals surface area contributed by atoms with Crippen molar-refractivity contribution >= 4 is 27.6 Å². The third-order valence-corrected chi connectivity index (χ3v) is 6.29. The fraction of sp³-hybridized carbons (Fsp3) is 0.588. The molecular weight excluding hydrogens is 328 g/mol. The van der Waals surface area contributed by atoms with Crippen LogP contribution in [0.3, 0.4) is 0 Å². The number of piperazine rings is 1. The Morgan fingerprint density at radius 3 is 2.39 bits per heavy atom. The molecule has 4 nitrogen and oxygen atoms in total. The topological polar surface area (TPSA) is 32.8 Å². The van der Waals surface area contributed by atoms with E-state index in [0.717, 1.165) is 11.3 Å². The van der Waals surface area contributed by atoms with Crippen LogP contribution < -0.4 is 0 Å². The van der Waals surface area contributed by atoms with E-state index in [-0.39, 0.29) is 5.97 Å². The summed E-state index contributed by atoms with van der Waals surface area (Å²) in [5.74, 6) is 0.908. The van der Waals surface area contributed by atoms with Crippen LogP contribution in [0.15, 0.2) is 29.2 Å². The molecule has 6 heteroatoms. The molecule has 23 heavy (non-hydrogen) atoms. The highest BCUT2D eigenvalue weighted by Gasteiger charge is 2.14. The minimum absolute atomic E-state index is 0.237. The van der Waals surface area contributed by atoms with Crippen molar-refractivity contribution in [3.05, 3.63) is 29.8 Å². The zero-order chi connectivity index (χ0) is 16.5. The van der Waals surface area contributed by atoms with Crippen molar-refractivity contribution in [1.29, 1.82) is 0 Å². The second-order valence-electron chi connectivity index (χ2n) is 5.61. The van der Waals surface area contributed by atoms with Crippen LogP contribution in [0.4, 0.5) is 0 Å². The third kappa shape index (κ3) is 7.16. The number of nitrogens with zero attached hydrogens (tertiary/aromatic N) is 2. The van der Waals surface area contributed by atoms with Crippen LogP contribution in [0, 0.1) is 0 Å². The van der Waals surface area contributed by atoms with Gasteiger partial charge in [0.1, 0.15) is 6.61 Å². The van der Waals surface area contributed by atoms with E-state index < -0.39 is 0 Å². The standard InChI is InChI=1S/C17H26N2O2S2/c1-3-18-8-10-19(11-9-18)12-13-22-23-17-6-4-16(5-7-17)14-21-15(2)20/h4-7H,3,8-14H2,1-2H3. The molecule has 0 aromatic heterocycles. The molecule has 0 radical (unpaired) electrons. The Bertz CT molecular complexity index is 474. The predicted octanol–water partition coefficient (Wildman–Crippen LogP) is 3.13. The van der Waals surface area contributed by atoms with Crippen LogP contribution in [-0.4, -0.2) is 60.8 Å². The molecule has 1 aliphatic rings. The molecular formula is C17H26N2O2S2. The Kier molecular flexibility index (Phi) is 8.30. The zero-order valence-corrected chi connectivity index (χ0v) is 15.6. The summed E-state index contributed by atoms with van der Waals surface area (Å²) >= 11 is 0. The number of benzene rings is 1. The van der Waals surface area contributed by atoms with Gasteiger partial charge in [-0.1, -0.05) is 40.6 Å². The Balaban J connectivity index is 1.60. The van der Waals surface area contributed by atoms with Gasteiger partial charge in [-0.3, -0.25) is 9.69 Å². The maximum Gasteiger partial charge on any atom is 0.302 e. The molecule has 2 rings (SSSR count). The molecule has 0 unspecified atom stereocenters. The van der Waals surface area contributed by atoms with Crippen LogP contribution >= 0.6 is 21.6 Å². The zero-order valence-electron chi connectivity index (χ0n) is 14.0. The first-order valence-electron chi connectivity index (χ1n) is 8.14. The van der Waals surface area contributed by atoms with E-state index >= 15 is 0 Å². The third-order valence-electron chi connectivity index (χ3n) is 3.92. The second kappa shape index (κ2) is 10.2. The predicted molar refractivity (Wildman–Crippen MR) is 98.8 cm³/mol. The van der Waals surface area contributed by atoms with E-state index in [0.29, 0.717) is 6.61 Å². The van der Waals surface area contributed by atoms with Crippen molar-refractivity contribution in [2.75, 3.05) is 45.0 Å². The molecule has 1 saturated heterocycles. The maximum absolute atomic E-state index is 10.8. The summed E-state index contributed by atoms with van der Waals surface area (Å²) in [5.41, 5.74) is 1.03. The summed E-state index contributed by atoms with van der Waals surface area (Å²) in [5, 5.41) is 0. The number of ether oxygens (including phenoxy) is 1. The molecule has 128 valence electrons. The largest absolute Gasteiger partial charge is 0.461 e. The average Bonchev–Trinajstić information content (AvgIpc) is 2.58. The number of hydrogen-bond donors (Lipinski definition) is 0. The van der Waals surface area contributed by atoms with Crippen molar-refractivity contribution in [2.45, 2.75) is 25.3 Å². The highest BCUT2D eigenvalue weighted by molar-refractivity contribution is 8.76. The summed E-state index contributed by atoms with van der Waals surface area (Å²) in [7, 11) is 3.73. The molecule has 1 aromatic carbocycles. The van der Waals surface area contributed by atoms with Gasteiger partial charge in [-0.2, -0.15) is 0 Å². The number of likely N-dealkylation sites (N-methyl/N-ethyl adjacent to an activating group) is 1. The van der Waals surface area contributed by atoms with E-state index in [1.165, 1.54) is 51.1 Å². The maximum atomic E-state index is 10.8. The number of carbonyl (C=O) groups excluding carboxylic acids is 1. The SMILES string of the molecule is CCN1CCN(CCSSc2ccc(COC(C)=O)cc2)CC1. The van der Waals surface area contributed by atoms with Crippen molar-refractivity contribution in [2.24, 2.45) is 0 Å². The van der Waals surface area contributed by atoms with Gasteiger partial charge < -0.3 is 9.64 Å². The number of esters is 1. The molecule has 0 amide bonds. The van der Waals surface area contributed by atoms with Crippen molar-refractivity contribution in [1.82, 2.24) is 9.80 Å². The Morgan fingerprint density at radius 1 is 1.13 bits per heavy atom. The molecule has 0 spiro atoms. The summed E-state index contributed by atoms with van der Waals surface area (Å²) < 4.78 is 4.99. The number of rotatable bonds is 8. The van der Waals surface area contributed by atoms with Gasteiger partial charge in [0.2, 0.25) is 0 Å². The average molecular weight is 355 g/mol.